The van der Waals surface area contributed by atoms with Crippen LogP contribution < -0.4 is 10.7 Å². The molecule has 0 saturated heterocycles. The fourth-order valence-corrected chi connectivity index (χ4v) is 8.80. The zero-order valence-electron chi connectivity index (χ0n) is 23.8. The lowest BCUT2D eigenvalue weighted by molar-refractivity contribution is -0.00518. The number of nitrogens with zero attached hydrogens (tertiary/aromatic N) is 5. The molecular weight excluding hydrogens is 504 g/mol. The molecule has 6 heteroatoms. The number of hydrogen-bond acceptors (Lipinski definition) is 5. The molecule has 0 amide bonds. The molecule has 4 bridgehead atoms. The zero-order valence-corrected chi connectivity index (χ0v) is 23.8. The first-order chi connectivity index (χ1) is 19.9. The third-order valence-corrected chi connectivity index (χ3v) is 10.2. The van der Waals surface area contributed by atoms with E-state index in [9.17, 15) is 10.5 Å². The lowest BCUT2D eigenvalue weighted by Gasteiger charge is -2.57. The maximum atomic E-state index is 10.2. The van der Waals surface area contributed by atoms with Crippen molar-refractivity contribution in [1.29, 1.82) is 10.5 Å². The topological polar surface area (TPSA) is 94.1 Å². The number of benzene rings is 2. The summed E-state index contributed by atoms with van der Waals surface area (Å²) in [6, 6.07) is 25.5. The largest absolute Gasteiger partial charge is 0.318 e. The summed E-state index contributed by atoms with van der Waals surface area (Å²) in [5.41, 5.74) is 14.1. The number of allylic oxidation sites excluding steroid dienone is 1. The first kappa shape index (κ1) is 25.8. The second kappa shape index (κ2) is 9.75. The zero-order chi connectivity index (χ0) is 28.3. The minimum Gasteiger partial charge on any atom is -0.318 e. The number of aromatic nitrogens is 1. The standard InChI is InChI=1S/C35H36N6/c1-22-12-27(16-28(20-36)33-32(21-37)34(38)41(39-33)31-6-4-3-5-7-31)23(2)40(22)30-10-8-29(9-11-30)35-17-24-13-25(18-35)15-26(14-24)19-35/h3-12,16,24-26,32,34H,13-15,17-19,38H2,1-2H3/b28-16-/t24?,25?,26?,32-,34-,35?/m1/s1. The van der Waals surface area contributed by atoms with Crippen LogP contribution in [0.3, 0.4) is 0 Å². The second-order valence-electron chi connectivity index (χ2n) is 12.8. The summed E-state index contributed by atoms with van der Waals surface area (Å²) in [4.78, 5) is 0. The van der Waals surface area contributed by atoms with Gasteiger partial charge in [-0.2, -0.15) is 15.6 Å². The Morgan fingerprint density at radius 2 is 1.56 bits per heavy atom. The quantitative estimate of drug-likeness (QED) is 0.361. The Morgan fingerprint density at radius 1 is 0.927 bits per heavy atom. The smallest absolute Gasteiger partial charge is 0.127 e. The number of aryl methyl sites for hydroxylation is 1. The van der Waals surface area contributed by atoms with E-state index in [1.807, 2.05) is 36.4 Å². The van der Waals surface area contributed by atoms with Crippen molar-refractivity contribution >= 4 is 17.5 Å². The van der Waals surface area contributed by atoms with Gasteiger partial charge in [-0.3, -0.25) is 0 Å². The molecular formula is C35H36N6. The molecule has 206 valence electrons. The van der Waals surface area contributed by atoms with Crippen molar-refractivity contribution in [3.05, 3.63) is 88.8 Å². The number of para-hydroxylation sites is 1. The monoisotopic (exact) mass is 540 g/mol. The molecule has 4 saturated carbocycles. The van der Waals surface area contributed by atoms with Crippen LogP contribution in [-0.4, -0.2) is 16.4 Å². The Balaban J connectivity index is 1.19. The molecule has 4 fully saturated rings. The molecule has 41 heavy (non-hydrogen) atoms. The predicted octanol–water partition coefficient (Wildman–Crippen LogP) is 6.77. The van der Waals surface area contributed by atoms with E-state index >= 15 is 0 Å². The number of hydrogen-bond donors (Lipinski definition) is 1. The first-order valence-electron chi connectivity index (χ1n) is 14.9. The van der Waals surface area contributed by atoms with Crippen LogP contribution in [0.4, 0.5) is 5.69 Å². The van der Waals surface area contributed by atoms with Crippen molar-refractivity contribution in [2.75, 3.05) is 5.01 Å². The van der Waals surface area contributed by atoms with Crippen molar-refractivity contribution in [2.45, 2.75) is 64.0 Å². The van der Waals surface area contributed by atoms with Gasteiger partial charge in [0, 0.05) is 17.1 Å². The van der Waals surface area contributed by atoms with Gasteiger partial charge in [0.1, 0.15) is 18.2 Å². The summed E-state index contributed by atoms with van der Waals surface area (Å²) >= 11 is 0. The van der Waals surface area contributed by atoms with Gasteiger partial charge in [-0.25, -0.2) is 5.01 Å². The van der Waals surface area contributed by atoms with Crippen LogP contribution in [0.2, 0.25) is 0 Å². The molecule has 0 spiro atoms. The number of anilines is 1. The summed E-state index contributed by atoms with van der Waals surface area (Å²) in [6.07, 6.45) is 9.66. The van der Waals surface area contributed by atoms with Crippen molar-refractivity contribution in [3.8, 4) is 17.8 Å². The molecule has 5 aliphatic rings. The molecule has 2 heterocycles. The lowest BCUT2D eigenvalue weighted by atomic mass is 9.48. The summed E-state index contributed by atoms with van der Waals surface area (Å²) in [6.45, 7) is 4.18. The fourth-order valence-electron chi connectivity index (χ4n) is 8.80. The number of hydrazone groups is 1. The van der Waals surface area contributed by atoms with Crippen molar-refractivity contribution in [1.82, 2.24) is 4.57 Å². The van der Waals surface area contributed by atoms with E-state index in [-0.39, 0.29) is 0 Å². The van der Waals surface area contributed by atoms with Crippen LogP contribution in [0.15, 0.2) is 71.3 Å². The summed E-state index contributed by atoms with van der Waals surface area (Å²) < 4.78 is 2.25. The normalized spacial score (nSPS) is 30.3. The number of rotatable bonds is 5. The van der Waals surface area contributed by atoms with E-state index in [1.165, 1.54) is 44.1 Å². The van der Waals surface area contributed by atoms with E-state index < -0.39 is 12.1 Å². The van der Waals surface area contributed by atoms with Gasteiger partial charge < -0.3 is 10.3 Å². The van der Waals surface area contributed by atoms with E-state index in [0.717, 1.165) is 46.1 Å². The van der Waals surface area contributed by atoms with Crippen LogP contribution in [0.5, 0.6) is 0 Å². The van der Waals surface area contributed by atoms with Gasteiger partial charge in [-0.05, 0) is 123 Å². The molecule has 1 aliphatic heterocycles. The van der Waals surface area contributed by atoms with E-state index in [0.29, 0.717) is 16.7 Å². The molecule has 4 aliphatic carbocycles. The first-order valence-corrected chi connectivity index (χ1v) is 14.9. The minimum atomic E-state index is -0.707. The minimum absolute atomic E-state index is 0.364. The van der Waals surface area contributed by atoms with Gasteiger partial charge in [-0.1, -0.05) is 30.3 Å². The number of nitriles is 2. The molecule has 2 aromatic carbocycles. The van der Waals surface area contributed by atoms with Crippen LogP contribution in [0.25, 0.3) is 11.8 Å². The van der Waals surface area contributed by atoms with Gasteiger partial charge in [-0.15, -0.1) is 0 Å². The van der Waals surface area contributed by atoms with Crippen LogP contribution in [0, 0.1) is 60.2 Å². The SMILES string of the molecule is Cc1cc(/C=C(/C#N)C2=NN(c3ccccc3)[C@@H](N)[C@@H]2C#N)c(C)n1-c1ccc(C23CC4CC(CC(C4)C2)C3)cc1. The highest BCUT2D eigenvalue weighted by molar-refractivity contribution is 6.11. The van der Waals surface area contributed by atoms with Crippen LogP contribution in [-0.2, 0) is 5.41 Å². The highest BCUT2D eigenvalue weighted by Gasteiger charge is 2.51. The average Bonchev–Trinajstić information content (AvgIpc) is 3.45. The Hall–Kier alpha value is -4.13. The third kappa shape index (κ3) is 4.21. The van der Waals surface area contributed by atoms with E-state index in [2.05, 4.69) is 66.0 Å². The predicted molar refractivity (Wildman–Crippen MR) is 162 cm³/mol. The van der Waals surface area contributed by atoms with Gasteiger partial charge in [0.2, 0.25) is 0 Å². The Morgan fingerprint density at radius 3 is 2.15 bits per heavy atom. The third-order valence-electron chi connectivity index (χ3n) is 10.2. The fraction of sp³-hybridized carbons (Fsp3) is 0.400. The van der Waals surface area contributed by atoms with Crippen molar-refractivity contribution in [2.24, 2.45) is 34.5 Å². The van der Waals surface area contributed by atoms with Gasteiger partial charge >= 0.3 is 0 Å². The van der Waals surface area contributed by atoms with Gasteiger partial charge in [0.05, 0.1) is 23.0 Å². The highest BCUT2D eigenvalue weighted by Crippen LogP contribution is 2.60. The lowest BCUT2D eigenvalue weighted by Crippen LogP contribution is -2.48. The Labute approximate surface area is 242 Å². The second-order valence-corrected chi connectivity index (χ2v) is 12.8. The molecule has 1 aromatic heterocycles. The molecule has 0 unspecified atom stereocenters. The molecule has 3 aromatic rings. The molecule has 6 nitrogen and oxygen atoms in total. The van der Waals surface area contributed by atoms with Crippen molar-refractivity contribution in [3.63, 3.8) is 0 Å². The summed E-state index contributed by atoms with van der Waals surface area (Å²) in [5, 5.41) is 26.4. The molecule has 8 rings (SSSR count). The average molecular weight is 541 g/mol. The molecule has 2 atom stereocenters. The maximum absolute atomic E-state index is 10.2. The summed E-state index contributed by atoms with van der Waals surface area (Å²) in [5.74, 6) is 2.08. The van der Waals surface area contributed by atoms with Gasteiger partial charge in [0.25, 0.3) is 0 Å². The molecule has 0 radical (unpaired) electrons. The Kier molecular flexibility index (Phi) is 6.14. The number of nitrogens with two attached hydrogens (primary N) is 1. The van der Waals surface area contributed by atoms with E-state index in [4.69, 9.17) is 5.73 Å². The highest BCUT2D eigenvalue weighted by atomic mass is 15.5. The van der Waals surface area contributed by atoms with Crippen LogP contribution in [0.1, 0.15) is 61.0 Å². The molecule has 2 N–H and O–H groups in total. The maximum Gasteiger partial charge on any atom is 0.127 e. The summed E-state index contributed by atoms with van der Waals surface area (Å²) in [7, 11) is 0. The van der Waals surface area contributed by atoms with Crippen LogP contribution >= 0.6 is 0 Å². The Bertz CT molecular complexity index is 1590. The van der Waals surface area contributed by atoms with Crippen molar-refractivity contribution < 1.29 is 0 Å². The van der Waals surface area contributed by atoms with Gasteiger partial charge in [0.15, 0.2) is 0 Å². The van der Waals surface area contributed by atoms with E-state index in [1.54, 1.807) is 5.01 Å².